The number of ether oxygens (including phenoxy) is 3. The molecule has 1 rings (SSSR count). The molecule has 0 saturated heterocycles. The number of nitrogens with zero attached hydrogens (tertiary/aromatic N) is 1. The number of carbonyl (C=O) groups is 3. The number of nitrogens with one attached hydrogen (secondary N) is 1. The third-order valence-electron chi connectivity index (χ3n) is 2.72. The minimum Gasteiger partial charge on any atom is -0.481 e. The highest BCUT2D eigenvalue weighted by Crippen LogP contribution is 2.43. The Bertz CT molecular complexity index is 686. The van der Waals surface area contributed by atoms with Crippen LogP contribution in [0.2, 0.25) is 0 Å². The third kappa shape index (κ3) is 6.44. The molecular weight excluding hydrogens is 496 g/mol. The van der Waals surface area contributed by atoms with E-state index >= 15 is 0 Å². The van der Waals surface area contributed by atoms with Crippen molar-refractivity contribution in [3.63, 3.8) is 0 Å². The molecule has 1 N–H and O–H groups in total. The zero-order valence-corrected chi connectivity index (χ0v) is 19.0. The van der Waals surface area contributed by atoms with E-state index in [0.29, 0.717) is 8.26 Å². The number of esters is 1. The molecule has 0 aliphatic rings. The van der Waals surface area contributed by atoms with Crippen LogP contribution in [0.1, 0.15) is 37.4 Å². The molecule has 2 amide bonds. The summed E-state index contributed by atoms with van der Waals surface area (Å²) in [5, 5.41) is 1.07. The van der Waals surface area contributed by atoms with E-state index in [2.05, 4.69) is 37.3 Å². The quantitative estimate of drug-likeness (QED) is 0.474. The second-order valence-electron chi connectivity index (χ2n) is 5.88. The van der Waals surface area contributed by atoms with Gasteiger partial charge in [-0.15, -0.1) is 11.3 Å². The minimum atomic E-state index is -0.748. The van der Waals surface area contributed by atoms with Crippen LogP contribution in [-0.2, 0) is 14.3 Å². The first-order valence-electron chi connectivity index (χ1n) is 7.49. The van der Waals surface area contributed by atoms with E-state index in [1.807, 2.05) is 0 Å². The van der Waals surface area contributed by atoms with Gasteiger partial charge in [0.1, 0.15) is 5.60 Å². The van der Waals surface area contributed by atoms with Crippen molar-refractivity contribution in [1.29, 1.82) is 0 Å². The van der Waals surface area contributed by atoms with E-state index in [4.69, 9.17) is 14.2 Å². The van der Waals surface area contributed by atoms with Crippen LogP contribution in [0.15, 0.2) is 8.26 Å². The molecule has 0 bridgehead atoms. The number of likely N-dealkylation sites (N-methyl/N-ethyl adjacent to an activating group) is 1. The lowest BCUT2D eigenvalue weighted by Gasteiger charge is -2.25. The summed E-state index contributed by atoms with van der Waals surface area (Å²) in [6, 6.07) is 0. The van der Waals surface area contributed by atoms with Crippen LogP contribution < -0.4 is 10.2 Å². The third-order valence-corrected chi connectivity index (χ3v) is 6.10. The van der Waals surface area contributed by atoms with E-state index in [1.54, 1.807) is 27.7 Å². The van der Waals surface area contributed by atoms with Crippen molar-refractivity contribution in [2.24, 2.45) is 0 Å². The van der Waals surface area contributed by atoms with Gasteiger partial charge in [-0.1, -0.05) is 0 Å². The van der Waals surface area contributed by atoms with Crippen LogP contribution in [0, 0.1) is 0 Å². The lowest BCUT2D eigenvalue weighted by atomic mass is 10.2. The van der Waals surface area contributed by atoms with Gasteiger partial charge in [-0.05, 0) is 59.6 Å². The van der Waals surface area contributed by atoms with Gasteiger partial charge in [-0.25, -0.2) is 20.0 Å². The molecular formula is C15H20Br2N2O6S. The first kappa shape index (κ1) is 22.7. The minimum absolute atomic E-state index is 0.190. The average Bonchev–Trinajstić information content (AvgIpc) is 2.83. The molecule has 8 nitrogen and oxygen atoms in total. The molecule has 1 aromatic rings. The van der Waals surface area contributed by atoms with Crippen molar-refractivity contribution in [2.45, 2.75) is 33.3 Å². The smallest absolute Gasteiger partial charge is 0.426 e. The number of amides is 2. The zero-order valence-electron chi connectivity index (χ0n) is 15.0. The first-order valence-corrected chi connectivity index (χ1v) is 9.89. The molecule has 26 heavy (non-hydrogen) atoms. The first-order chi connectivity index (χ1) is 12.0. The molecule has 1 aromatic heterocycles. The highest BCUT2D eigenvalue weighted by atomic mass is 79.9. The topological polar surface area (TPSA) is 94.2 Å². The van der Waals surface area contributed by atoms with Gasteiger partial charge in [0.05, 0.1) is 15.4 Å². The molecule has 0 aliphatic carbocycles. The van der Waals surface area contributed by atoms with Crippen molar-refractivity contribution >= 4 is 61.2 Å². The maximum atomic E-state index is 12.3. The van der Waals surface area contributed by atoms with Crippen molar-refractivity contribution < 1.29 is 28.6 Å². The monoisotopic (exact) mass is 514 g/mol. The summed E-state index contributed by atoms with van der Waals surface area (Å²) in [5.74, 6) is -0.901. The standard InChI is InChI=1S/C15H20Br2N2O6S/c1-6-19(18-14(22)25-15(2,3)4)8(20)7-24-10-9(16)12(17)26-11(10)13(21)23-5/h6-7H2,1-5H3,(H,18,22). The Labute approximate surface area is 172 Å². The van der Waals surface area contributed by atoms with Crippen LogP contribution in [-0.4, -0.2) is 48.8 Å². The molecule has 146 valence electrons. The van der Waals surface area contributed by atoms with Crippen LogP contribution in [0.4, 0.5) is 4.79 Å². The molecule has 0 saturated carbocycles. The molecule has 0 aliphatic heterocycles. The fraction of sp³-hybridized carbons (Fsp3) is 0.533. The molecule has 0 atom stereocenters. The Morgan fingerprint density at radius 3 is 2.35 bits per heavy atom. The van der Waals surface area contributed by atoms with Gasteiger partial charge in [0.2, 0.25) is 0 Å². The molecule has 11 heteroatoms. The summed E-state index contributed by atoms with van der Waals surface area (Å²) in [4.78, 5) is 36.1. The maximum absolute atomic E-state index is 12.3. The number of hydrogen-bond acceptors (Lipinski definition) is 7. The van der Waals surface area contributed by atoms with E-state index in [9.17, 15) is 14.4 Å². The highest BCUT2D eigenvalue weighted by molar-refractivity contribution is 9.13. The zero-order chi connectivity index (χ0) is 20.1. The summed E-state index contributed by atoms with van der Waals surface area (Å²) in [6.45, 7) is 6.65. The molecule has 0 fully saturated rings. The molecule has 0 aromatic carbocycles. The summed E-state index contributed by atoms with van der Waals surface area (Å²) in [5.41, 5.74) is 1.67. The van der Waals surface area contributed by atoms with Crippen molar-refractivity contribution in [2.75, 3.05) is 20.3 Å². The van der Waals surface area contributed by atoms with E-state index in [-0.39, 0.29) is 17.2 Å². The van der Waals surface area contributed by atoms with Crippen molar-refractivity contribution in [3.8, 4) is 5.75 Å². The SMILES string of the molecule is CCN(NC(=O)OC(C)(C)C)C(=O)COc1c(C(=O)OC)sc(Br)c1Br. The van der Waals surface area contributed by atoms with Gasteiger partial charge >= 0.3 is 12.1 Å². The number of carbonyl (C=O) groups excluding carboxylic acids is 3. The van der Waals surface area contributed by atoms with Crippen LogP contribution in [0.5, 0.6) is 5.75 Å². The van der Waals surface area contributed by atoms with Gasteiger partial charge in [0.15, 0.2) is 17.2 Å². The Balaban J connectivity index is 2.78. The van der Waals surface area contributed by atoms with Gasteiger partial charge < -0.3 is 14.2 Å². The fourth-order valence-electron chi connectivity index (χ4n) is 1.67. The highest BCUT2D eigenvalue weighted by Gasteiger charge is 2.25. The fourth-order valence-corrected chi connectivity index (χ4v) is 3.80. The number of rotatable bonds is 5. The Morgan fingerprint density at radius 2 is 1.85 bits per heavy atom. The Morgan fingerprint density at radius 1 is 1.23 bits per heavy atom. The largest absolute Gasteiger partial charge is 0.481 e. The molecule has 0 radical (unpaired) electrons. The predicted molar refractivity (Wildman–Crippen MR) is 103 cm³/mol. The summed E-state index contributed by atoms with van der Waals surface area (Å²) >= 11 is 7.69. The van der Waals surface area contributed by atoms with Gasteiger partial charge in [0.25, 0.3) is 5.91 Å². The number of methoxy groups -OCH3 is 1. The van der Waals surface area contributed by atoms with E-state index in [0.717, 1.165) is 16.3 Å². The number of hydrogen-bond donors (Lipinski definition) is 1. The number of halogens is 2. The van der Waals surface area contributed by atoms with Crippen LogP contribution >= 0.6 is 43.2 Å². The molecule has 0 unspecified atom stereocenters. The second kappa shape index (κ2) is 9.56. The van der Waals surface area contributed by atoms with Crippen LogP contribution in [0.3, 0.4) is 0 Å². The van der Waals surface area contributed by atoms with Crippen molar-refractivity contribution in [3.05, 3.63) is 13.1 Å². The number of hydrazine groups is 1. The molecule has 1 heterocycles. The number of thiophene rings is 1. The lowest BCUT2D eigenvalue weighted by Crippen LogP contribution is -2.49. The normalized spacial score (nSPS) is 10.9. The van der Waals surface area contributed by atoms with Gasteiger partial charge in [-0.2, -0.15) is 0 Å². The van der Waals surface area contributed by atoms with Gasteiger partial charge in [-0.3, -0.25) is 4.79 Å². The summed E-state index contributed by atoms with van der Waals surface area (Å²) < 4.78 is 16.4. The average molecular weight is 516 g/mol. The van der Waals surface area contributed by atoms with E-state index < -0.39 is 30.2 Å². The molecule has 0 spiro atoms. The summed E-state index contributed by atoms with van der Waals surface area (Å²) in [6.07, 6.45) is -0.748. The second-order valence-corrected chi connectivity index (χ2v) is 9.01. The Hall–Kier alpha value is -1.33. The van der Waals surface area contributed by atoms with Gasteiger partial charge in [0, 0.05) is 6.54 Å². The van der Waals surface area contributed by atoms with Crippen molar-refractivity contribution in [1.82, 2.24) is 10.4 Å². The van der Waals surface area contributed by atoms with E-state index in [1.165, 1.54) is 7.11 Å². The lowest BCUT2D eigenvalue weighted by molar-refractivity contribution is -0.136. The maximum Gasteiger partial charge on any atom is 0.426 e. The Kier molecular flexibility index (Phi) is 8.35. The predicted octanol–water partition coefficient (Wildman–Crippen LogP) is 3.73. The summed E-state index contributed by atoms with van der Waals surface area (Å²) in [7, 11) is 1.25. The van der Waals surface area contributed by atoms with Crippen LogP contribution in [0.25, 0.3) is 0 Å².